The quantitative estimate of drug-likeness (QED) is 0.884. The van der Waals surface area contributed by atoms with Crippen LogP contribution in [-0.2, 0) is 17.6 Å². The van der Waals surface area contributed by atoms with Crippen molar-refractivity contribution in [2.24, 2.45) is 23.0 Å². The molecule has 1 saturated carbocycles. The topological polar surface area (TPSA) is 72.2 Å². The summed E-state index contributed by atoms with van der Waals surface area (Å²) in [6.45, 7) is 6.81. The first kappa shape index (κ1) is 16.5. The molecule has 2 amide bonds. The fraction of sp³-hybridized carbons (Fsp3) is 0.667. The van der Waals surface area contributed by atoms with Gasteiger partial charge in [0.05, 0.1) is 5.56 Å². The number of amides is 2. The van der Waals surface area contributed by atoms with Crippen LogP contribution in [-0.4, -0.2) is 11.8 Å². The number of rotatable bonds is 3. The van der Waals surface area contributed by atoms with Crippen molar-refractivity contribution in [3.63, 3.8) is 0 Å². The number of nitrogens with one attached hydrogen (secondary N) is 1. The van der Waals surface area contributed by atoms with Gasteiger partial charge in [-0.2, -0.15) is 0 Å². The lowest BCUT2D eigenvalue weighted by atomic mass is 9.72. The summed E-state index contributed by atoms with van der Waals surface area (Å²) in [5.74, 6) is 0.340. The molecule has 1 aromatic rings. The summed E-state index contributed by atoms with van der Waals surface area (Å²) >= 11 is 1.56. The fourth-order valence-electron chi connectivity index (χ4n) is 3.56. The van der Waals surface area contributed by atoms with E-state index in [0.29, 0.717) is 16.5 Å². The summed E-state index contributed by atoms with van der Waals surface area (Å²) in [7, 11) is 0. The van der Waals surface area contributed by atoms with Crippen molar-refractivity contribution in [1.82, 2.24) is 0 Å². The molecule has 5 heteroatoms. The van der Waals surface area contributed by atoms with Crippen molar-refractivity contribution < 1.29 is 9.59 Å². The van der Waals surface area contributed by atoms with E-state index in [1.54, 1.807) is 11.3 Å². The minimum Gasteiger partial charge on any atom is -0.365 e. The molecule has 1 unspecified atom stereocenters. The Kier molecular flexibility index (Phi) is 4.25. The van der Waals surface area contributed by atoms with Crippen molar-refractivity contribution in [1.29, 1.82) is 0 Å². The van der Waals surface area contributed by atoms with Crippen LogP contribution in [0, 0.1) is 17.3 Å². The molecule has 0 radical (unpaired) electrons. The van der Waals surface area contributed by atoms with Crippen LogP contribution in [0.1, 0.15) is 67.3 Å². The maximum absolute atomic E-state index is 12.2. The highest BCUT2D eigenvalue weighted by Crippen LogP contribution is 2.44. The lowest BCUT2D eigenvalue weighted by Gasteiger charge is -2.33. The monoisotopic (exact) mass is 334 g/mol. The molecule has 3 rings (SSSR count). The van der Waals surface area contributed by atoms with Gasteiger partial charge in [-0.1, -0.05) is 27.2 Å². The van der Waals surface area contributed by atoms with Crippen LogP contribution in [0.4, 0.5) is 5.00 Å². The Morgan fingerprint density at radius 3 is 2.43 bits per heavy atom. The highest BCUT2D eigenvalue weighted by molar-refractivity contribution is 7.17. The van der Waals surface area contributed by atoms with Gasteiger partial charge in [0, 0.05) is 10.8 Å². The van der Waals surface area contributed by atoms with Crippen LogP contribution in [0.3, 0.4) is 0 Å². The lowest BCUT2D eigenvalue weighted by molar-refractivity contribution is -0.122. The third kappa shape index (κ3) is 3.16. The van der Waals surface area contributed by atoms with Gasteiger partial charge in [-0.15, -0.1) is 11.3 Å². The molecule has 1 atom stereocenters. The molecule has 4 nitrogen and oxygen atoms in total. The van der Waals surface area contributed by atoms with Crippen LogP contribution in [0.5, 0.6) is 0 Å². The van der Waals surface area contributed by atoms with Crippen LogP contribution < -0.4 is 11.1 Å². The summed E-state index contributed by atoms with van der Waals surface area (Å²) < 4.78 is 0. The predicted molar refractivity (Wildman–Crippen MR) is 93.8 cm³/mol. The summed E-state index contributed by atoms with van der Waals surface area (Å²) in [5.41, 5.74) is 7.51. The van der Waals surface area contributed by atoms with Gasteiger partial charge in [0.1, 0.15) is 5.00 Å². The van der Waals surface area contributed by atoms with E-state index < -0.39 is 5.91 Å². The molecule has 3 N–H and O–H groups in total. The van der Waals surface area contributed by atoms with Gasteiger partial charge in [-0.3, -0.25) is 9.59 Å². The van der Waals surface area contributed by atoms with Gasteiger partial charge < -0.3 is 11.1 Å². The van der Waals surface area contributed by atoms with Crippen molar-refractivity contribution >= 4 is 28.2 Å². The van der Waals surface area contributed by atoms with Crippen LogP contribution in [0.2, 0.25) is 0 Å². The lowest BCUT2D eigenvalue weighted by Crippen LogP contribution is -2.29. The molecule has 0 spiro atoms. The number of thiophene rings is 1. The van der Waals surface area contributed by atoms with E-state index in [-0.39, 0.29) is 17.2 Å². The zero-order chi connectivity index (χ0) is 16.8. The molecule has 126 valence electrons. The fourth-order valence-corrected chi connectivity index (χ4v) is 4.89. The van der Waals surface area contributed by atoms with Gasteiger partial charge in [0.15, 0.2) is 0 Å². The van der Waals surface area contributed by atoms with Crippen LogP contribution >= 0.6 is 11.3 Å². The van der Waals surface area contributed by atoms with Gasteiger partial charge in [0.2, 0.25) is 5.91 Å². The minimum absolute atomic E-state index is 0.0460. The van der Waals surface area contributed by atoms with E-state index in [1.807, 2.05) is 0 Å². The maximum Gasteiger partial charge on any atom is 0.251 e. The van der Waals surface area contributed by atoms with Crippen LogP contribution in [0.25, 0.3) is 0 Å². The van der Waals surface area contributed by atoms with Crippen LogP contribution in [0.15, 0.2) is 0 Å². The number of hydrogen-bond acceptors (Lipinski definition) is 3. The summed E-state index contributed by atoms with van der Waals surface area (Å²) in [6, 6.07) is 0. The summed E-state index contributed by atoms with van der Waals surface area (Å²) in [5, 5.41) is 3.66. The molecule has 1 heterocycles. The number of nitrogens with two attached hydrogens (primary N) is 1. The predicted octanol–water partition coefficient (Wildman–Crippen LogP) is 3.74. The van der Waals surface area contributed by atoms with Gasteiger partial charge >= 0.3 is 0 Å². The van der Waals surface area contributed by atoms with E-state index in [0.717, 1.165) is 44.1 Å². The van der Waals surface area contributed by atoms with Crippen molar-refractivity contribution in [2.75, 3.05) is 5.32 Å². The standard InChI is InChI=1S/C18H26N2O2S/c1-18(2,3)11-7-8-12-13(9-11)23-17(14(12)15(19)21)20-16(22)10-5-4-6-10/h10-11H,4-9H2,1-3H3,(H2,19,21)(H,20,22). The molecule has 0 bridgehead atoms. The molecular formula is C18H26N2O2S. The third-order valence-corrected chi connectivity index (χ3v) is 6.62. The highest BCUT2D eigenvalue weighted by Gasteiger charge is 2.34. The number of primary amides is 1. The number of hydrogen-bond donors (Lipinski definition) is 2. The van der Waals surface area contributed by atoms with E-state index >= 15 is 0 Å². The molecule has 0 aromatic carbocycles. The Hall–Kier alpha value is -1.36. The number of carbonyl (C=O) groups is 2. The molecule has 2 aliphatic rings. The second-order valence-electron chi connectivity index (χ2n) is 7.99. The Morgan fingerprint density at radius 2 is 1.91 bits per heavy atom. The molecule has 1 fully saturated rings. The van der Waals surface area contributed by atoms with Gasteiger partial charge in [-0.25, -0.2) is 0 Å². The second-order valence-corrected chi connectivity index (χ2v) is 9.10. The maximum atomic E-state index is 12.2. The Morgan fingerprint density at radius 1 is 1.22 bits per heavy atom. The SMILES string of the molecule is CC(C)(C)C1CCc2c(sc(NC(=O)C3CCC3)c2C(N)=O)C1. The Balaban J connectivity index is 1.87. The highest BCUT2D eigenvalue weighted by atomic mass is 32.1. The largest absolute Gasteiger partial charge is 0.365 e. The van der Waals surface area contributed by atoms with Crippen molar-refractivity contribution in [3.05, 3.63) is 16.0 Å². The van der Waals surface area contributed by atoms with E-state index in [9.17, 15) is 9.59 Å². The number of fused-ring (bicyclic) bond motifs is 1. The average Bonchev–Trinajstić information content (AvgIpc) is 2.71. The van der Waals surface area contributed by atoms with E-state index in [2.05, 4.69) is 26.1 Å². The first-order chi connectivity index (χ1) is 10.8. The zero-order valence-electron chi connectivity index (χ0n) is 14.2. The third-order valence-electron chi connectivity index (χ3n) is 5.45. The second kappa shape index (κ2) is 5.93. The zero-order valence-corrected chi connectivity index (χ0v) is 15.0. The number of carbonyl (C=O) groups excluding carboxylic acids is 2. The molecule has 0 aliphatic heterocycles. The Labute approximate surface area is 141 Å². The molecule has 23 heavy (non-hydrogen) atoms. The smallest absolute Gasteiger partial charge is 0.251 e. The van der Waals surface area contributed by atoms with Crippen molar-refractivity contribution in [2.45, 2.75) is 59.3 Å². The first-order valence-corrected chi connectivity index (χ1v) is 9.34. The normalized spacial score (nSPS) is 21.4. The van der Waals surface area contributed by atoms with E-state index in [4.69, 9.17) is 5.73 Å². The Bertz CT molecular complexity index is 638. The van der Waals surface area contributed by atoms with Gasteiger partial charge in [0.25, 0.3) is 5.91 Å². The average molecular weight is 334 g/mol. The molecular weight excluding hydrogens is 308 g/mol. The van der Waals surface area contributed by atoms with Gasteiger partial charge in [-0.05, 0) is 49.0 Å². The summed E-state index contributed by atoms with van der Waals surface area (Å²) in [4.78, 5) is 25.4. The molecule has 2 aliphatic carbocycles. The first-order valence-electron chi connectivity index (χ1n) is 8.52. The summed E-state index contributed by atoms with van der Waals surface area (Å²) in [6.07, 6.45) is 5.96. The molecule has 0 saturated heterocycles. The van der Waals surface area contributed by atoms with Crippen molar-refractivity contribution in [3.8, 4) is 0 Å². The minimum atomic E-state index is -0.416. The number of anilines is 1. The molecule has 1 aromatic heterocycles. The van der Waals surface area contributed by atoms with E-state index in [1.165, 1.54) is 4.88 Å².